The van der Waals surface area contributed by atoms with Crippen molar-refractivity contribution in [3.63, 3.8) is 0 Å². The second kappa shape index (κ2) is 7.55. The SMILES string of the molecule is N#CCC(=O)Nc1cccc(CNC(=O)c2ccncc2)c1. The fourth-order valence-electron chi connectivity index (χ4n) is 1.82. The molecule has 2 aromatic rings. The molecule has 6 heteroatoms. The van der Waals surface area contributed by atoms with E-state index in [-0.39, 0.29) is 18.2 Å². The van der Waals surface area contributed by atoms with Gasteiger partial charge in [0, 0.05) is 30.2 Å². The Balaban J connectivity index is 1.95. The Bertz CT molecular complexity index is 708. The molecule has 2 rings (SSSR count). The van der Waals surface area contributed by atoms with Crippen molar-refractivity contribution in [2.24, 2.45) is 0 Å². The maximum atomic E-state index is 11.9. The molecule has 0 spiro atoms. The van der Waals surface area contributed by atoms with Crippen molar-refractivity contribution in [1.29, 1.82) is 5.26 Å². The Morgan fingerprint density at radius 3 is 2.68 bits per heavy atom. The highest BCUT2D eigenvalue weighted by Gasteiger charge is 2.05. The molecule has 1 heterocycles. The lowest BCUT2D eigenvalue weighted by Crippen LogP contribution is -2.22. The Labute approximate surface area is 127 Å². The van der Waals surface area contributed by atoms with E-state index in [2.05, 4.69) is 15.6 Å². The summed E-state index contributed by atoms with van der Waals surface area (Å²) in [5.41, 5.74) is 1.97. The van der Waals surface area contributed by atoms with Crippen LogP contribution in [0.4, 0.5) is 5.69 Å². The van der Waals surface area contributed by atoms with E-state index in [1.807, 2.05) is 6.07 Å². The summed E-state index contributed by atoms with van der Waals surface area (Å²) in [6.07, 6.45) is 2.92. The molecule has 110 valence electrons. The lowest BCUT2D eigenvalue weighted by Gasteiger charge is -2.08. The van der Waals surface area contributed by atoms with Crippen LogP contribution in [0.2, 0.25) is 0 Å². The summed E-state index contributed by atoms with van der Waals surface area (Å²) in [5, 5.41) is 13.9. The van der Waals surface area contributed by atoms with Gasteiger partial charge in [-0.25, -0.2) is 0 Å². The van der Waals surface area contributed by atoms with Crippen LogP contribution in [0.3, 0.4) is 0 Å². The predicted molar refractivity (Wildman–Crippen MR) is 80.7 cm³/mol. The van der Waals surface area contributed by atoms with E-state index in [1.165, 1.54) is 0 Å². The zero-order valence-electron chi connectivity index (χ0n) is 11.7. The van der Waals surface area contributed by atoms with Crippen molar-refractivity contribution in [1.82, 2.24) is 10.3 Å². The van der Waals surface area contributed by atoms with E-state index < -0.39 is 0 Å². The number of amides is 2. The van der Waals surface area contributed by atoms with Gasteiger partial charge in [-0.3, -0.25) is 14.6 Å². The lowest BCUT2D eigenvalue weighted by molar-refractivity contribution is -0.115. The molecule has 0 bridgehead atoms. The van der Waals surface area contributed by atoms with Gasteiger partial charge >= 0.3 is 0 Å². The average molecular weight is 294 g/mol. The molecular formula is C16H14N4O2. The Hall–Kier alpha value is -3.20. The average Bonchev–Trinajstić information content (AvgIpc) is 2.54. The van der Waals surface area contributed by atoms with Crippen LogP contribution in [0, 0.1) is 11.3 Å². The molecule has 0 saturated carbocycles. The number of hydrogen-bond acceptors (Lipinski definition) is 4. The number of rotatable bonds is 5. The number of anilines is 1. The normalized spacial score (nSPS) is 9.59. The summed E-state index contributed by atoms with van der Waals surface area (Å²) >= 11 is 0. The van der Waals surface area contributed by atoms with Gasteiger partial charge in [-0.15, -0.1) is 0 Å². The van der Waals surface area contributed by atoms with Crippen LogP contribution >= 0.6 is 0 Å². The van der Waals surface area contributed by atoms with E-state index in [4.69, 9.17) is 5.26 Å². The Morgan fingerprint density at radius 2 is 1.95 bits per heavy atom. The molecule has 22 heavy (non-hydrogen) atoms. The van der Waals surface area contributed by atoms with Crippen LogP contribution < -0.4 is 10.6 Å². The van der Waals surface area contributed by atoms with Gasteiger partial charge in [-0.1, -0.05) is 12.1 Å². The van der Waals surface area contributed by atoms with Crippen molar-refractivity contribution < 1.29 is 9.59 Å². The molecule has 0 unspecified atom stereocenters. The molecule has 0 aliphatic heterocycles. The van der Waals surface area contributed by atoms with Gasteiger partial charge in [0.15, 0.2) is 0 Å². The molecule has 0 atom stereocenters. The van der Waals surface area contributed by atoms with Crippen LogP contribution in [0.25, 0.3) is 0 Å². The molecule has 0 radical (unpaired) electrons. The summed E-state index contributed by atoms with van der Waals surface area (Å²) < 4.78 is 0. The van der Waals surface area contributed by atoms with Crippen molar-refractivity contribution in [2.75, 3.05) is 5.32 Å². The van der Waals surface area contributed by atoms with Crippen molar-refractivity contribution >= 4 is 17.5 Å². The first-order valence-electron chi connectivity index (χ1n) is 6.63. The van der Waals surface area contributed by atoms with Gasteiger partial charge < -0.3 is 10.6 Å². The first-order chi connectivity index (χ1) is 10.7. The third-order valence-electron chi connectivity index (χ3n) is 2.85. The Kier molecular flexibility index (Phi) is 5.21. The monoisotopic (exact) mass is 294 g/mol. The molecular weight excluding hydrogens is 280 g/mol. The highest BCUT2D eigenvalue weighted by atomic mass is 16.2. The minimum atomic E-state index is -0.361. The maximum absolute atomic E-state index is 11.9. The smallest absolute Gasteiger partial charge is 0.251 e. The molecule has 0 aliphatic rings. The molecule has 2 N–H and O–H groups in total. The molecule has 1 aromatic heterocycles. The summed E-state index contributed by atoms with van der Waals surface area (Å²) in [5.74, 6) is -0.554. The van der Waals surface area contributed by atoms with Crippen molar-refractivity contribution in [3.8, 4) is 6.07 Å². The van der Waals surface area contributed by atoms with Crippen LogP contribution in [0.15, 0.2) is 48.8 Å². The van der Waals surface area contributed by atoms with E-state index in [9.17, 15) is 9.59 Å². The third-order valence-corrected chi connectivity index (χ3v) is 2.85. The second-order valence-corrected chi connectivity index (χ2v) is 4.50. The van der Waals surface area contributed by atoms with E-state index in [1.54, 1.807) is 48.8 Å². The van der Waals surface area contributed by atoms with E-state index in [0.717, 1.165) is 5.56 Å². The maximum Gasteiger partial charge on any atom is 0.251 e. The standard InChI is InChI=1S/C16H14N4O2/c17-7-4-15(21)20-14-3-1-2-12(10-14)11-19-16(22)13-5-8-18-9-6-13/h1-3,5-6,8-10H,4,11H2,(H,19,22)(H,20,21). The highest BCUT2D eigenvalue weighted by Crippen LogP contribution is 2.11. The summed E-state index contributed by atoms with van der Waals surface area (Å²) in [6, 6.07) is 12.1. The molecule has 6 nitrogen and oxygen atoms in total. The number of benzene rings is 1. The van der Waals surface area contributed by atoms with Crippen LogP contribution in [0.5, 0.6) is 0 Å². The minimum absolute atomic E-state index is 0.191. The largest absolute Gasteiger partial charge is 0.348 e. The fraction of sp³-hybridized carbons (Fsp3) is 0.125. The predicted octanol–water partition coefficient (Wildman–Crippen LogP) is 1.86. The molecule has 2 amide bonds. The third kappa shape index (κ3) is 4.42. The number of pyridine rings is 1. The fourth-order valence-corrected chi connectivity index (χ4v) is 1.82. The lowest BCUT2D eigenvalue weighted by atomic mass is 10.2. The summed E-state index contributed by atoms with van der Waals surface area (Å²) in [4.78, 5) is 27.1. The van der Waals surface area contributed by atoms with Crippen molar-refractivity contribution in [3.05, 3.63) is 59.9 Å². The van der Waals surface area contributed by atoms with E-state index in [0.29, 0.717) is 17.8 Å². The number of carbonyl (C=O) groups is 2. The second-order valence-electron chi connectivity index (χ2n) is 4.50. The summed E-state index contributed by atoms with van der Waals surface area (Å²) in [6.45, 7) is 0.336. The number of carbonyl (C=O) groups excluding carboxylic acids is 2. The first-order valence-corrected chi connectivity index (χ1v) is 6.63. The minimum Gasteiger partial charge on any atom is -0.348 e. The molecule has 0 saturated heterocycles. The van der Waals surface area contributed by atoms with Gasteiger partial charge in [-0.05, 0) is 29.8 Å². The van der Waals surface area contributed by atoms with Gasteiger partial charge in [0.25, 0.3) is 5.91 Å². The number of hydrogen-bond donors (Lipinski definition) is 2. The number of nitriles is 1. The molecule has 1 aromatic carbocycles. The van der Waals surface area contributed by atoms with Crippen LogP contribution in [-0.2, 0) is 11.3 Å². The van der Waals surface area contributed by atoms with Crippen LogP contribution in [-0.4, -0.2) is 16.8 Å². The molecule has 0 aliphatic carbocycles. The van der Waals surface area contributed by atoms with Crippen molar-refractivity contribution in [2.45, 2.75) is 13.0 Å². The number of aromatic nitrogens is 1. The number of nitrogens with zero attached hydrogens (tertiary/aromatic N) is 2. The van der Waals surface area contributed by atoms with Gasteiger partial charge in [-0.2, -0.15) is 5.26 Å². The highest BCUT2D eigenvalue weighted by molar-refractivity contribution is 5.94. The Morgan fingerprint density at radius 1 is 1.18 bits per heavy atom. The zero-order chi connectivity index (χ0) is 15.8. The van der Waals surface area contributed by atoms with Gasteiger partial charge in [0.05, 0.1) is 6.07 Å². The quantitative estimate of drug-likeness (QED) is 0.880. The number of nitrogens with one attached hydrogen (secondary N) is 2. The zero-order valence-corrected chi connectivity index (χ0v) is 11.7. The topological polar surface area (TPSA) is 94.9 Å². The first kappa shape index (κ1) is 15.2. The van der Waals surface area contributed by atoms with E-state index >= 15 is 0 Å². The molecule has 0 fully saturated rings. The van der Waals surface area contributed by atoms with Gasteiger partial charge in [0.1, 0.15) is 6.42 Å². The van der Waals surface area contributed by atoms with Crippen LogP contribution in [0.1, 0.15) is 22.3 Å². The van der Waals surface area contributed by atoms with Gasteiger partial charge in [0.2, 0.25) is 5.91 Å². The summed E-state index contributed by atoms with van der Waals surface area (Å²) in [7, 11) is 0.